The summed E-state index contributed by atoms with van der Waals surface area (Å²) in [5.41, 5.74) is 3.88. The fourth-order valence-electron chi connectivity index (χ4n) is 1.95. The molecule has 0 bridgehead atoms. The van der Waals surface area contributed by atoms with Crippen LogP contribution in [0.25, 0.3) is 0 Å². The minimum atomic E-state index is 0.831. The Morgan fingerprint density at radius 3 is 2.60 bits per heavy atom. The molecule has 0 saturated heterocycles. The van der Waals surface area contributed by atoms with Crippen molar-refractivity contribution in [2.45, 2.75) is 31.0 Å². The van der Waals surface area contributed by atoms with Gasteiger partial charge in [0.05, 0.1) is 0 Å². The quantitative estimate of drug-likeness (QED) is 0.749. The van der Waals surface area contributed by atoms with Gasteiger partial charge in [-0.3, -0.25) is 0 Å². The number of aryl methyl sites for hydroxylation is 1. The van der Waals surface area contributed by atoms with Crippen molar-refractivity contribution in [3.05, 3.63) is 64.2 Å². The second kappa shape index (κ2) is 7.72. The van der Waals surface area contributed by atoms with E-state index < -0.39 is 0 Å². The number of hydrogen-bond acceptors (Lipinski definition) is 2. The van der Waals surface area contributed by atoms with Gasteiger partial charge in [-0.25, -0.2) is 0 Å². The van der Waals surface area contributed by atoms with E-state index in [9.17, 15) is 0 Å². The fourth-order valence-corrected chi connectivity index (χ4v) is 3.28. The van der Waals surface area contributed by atoms with Gasteiger partial charge in [0.2, 0.25) is 0 Å². The molecule has 0 aromatic heterocycles. The van der Waals surface area contributed by atoms with Crippen molar-refractivity contribution in [3.63, 3.8) is 0 Å². The van der Waals surface area contributed by atoms with E-state index in [4.69, 9.17) is 11.6 Å². The van der Waals surface area contributed by atoms with Crippen molar-refractivity contribution in [3.8, 4) is 0 Å². The van der Waals surface area contributed by atoms with Crippen LogP contribution in [0, 0.1) is 6.92 Å². The minimum Gasteiger partial charge on any atom is -0.313 e. The van der Waals surface area contributed by atoms with E-state index in [1.54, 1.807) is 0 Å². The van der Waals surface area contributed by atoms with Crippen molar-refractivity contribution >= 4 is 23.4 Å². The molecule has 2 aromatic carbocycles. The lowest BCUT2D eigenvalue weighted by Gasteiger charge is -2.09. The van der Waals surface area contributed by atoms with Crippen molar-refractivity contribution < 1.29 is 0 Å². The van der Waals surface area contributed by atoms with Gasteiger partial charge in [0.1, 0.15) is 0 Å². The maximum Gasteiger partial charge on any atom is 0.0462 e. The van der Waals surface area contributed by atoms with Gasteiger partial charge < -0.3 is 5.32 Å². The second-order valence-corrected chi connectivity index (χ2v) is 6.20. The molecular weight excluding hydrogens is 286 g/mol. The molecule has 0 amide bonds. The van der Waals surface area contributed by atoms with Crippen LogP contribution >= 0.6 is 23.4 Å². The number of thioether (sulfide) groups is 1. The van der Waals surface area contributed by atoms with Crippen LogP contribution in [0.2, 0.25) is 5.02 Å². The molecule has 1 N–H and O–H groups in total. The predicted molar refractivity (Wildman–Crippen MR) is 89.6 cm³/mol. The van der Waals surface area contributed by atoms with Gasteiger partial charge >= 0.3 is 0 Å². The number of benzene rings is 2. The molecule has 0 aliphatic carbocycles. The smallest absolute Gasteiger partial charge is 0.0462 e. The van der Waals surface area contributed by atoms with E-state index in [1.165, 1.54) is 16.0 Å². The molecule has 0 radical (unpaired) electrons. The first kappa shape index (κ1) is 15.4. The van der Waals surface area contributed by atoms with E-state index in [0.29, 0.717) is 0 Å². The van der Waals surface area contributed by atoms with Gasteiger partial charge in [-0.1, -0.05) is 48.9 Å². The molecule has 0 aliphatic rings. The third kappa shape index (κ3) is 4.27. The topological polar surface area (TPSA) is 12.0 Å². The average molecular weight is 306 g/mol. The summed E-state index contributed by atoms with van der Waals surface area (Å²) in [5, 5.41) is 4.15. The monoisotopic (exact) mass is 305 g/mol. The molecule has 0 unspecified atom stereocenters. The van der Waals surface area contributed by atoms with E-state index in [1.807, 2.05) is 11.8 Å². The van der Waals surface area contributed by atoms with Gasteiger partial charge in [0, 0.05) is 22.2 Å². The van der Waals surface area contributed by atoms with Gasteiger partial charge in [0.25, 0.3) is 0 Å². The maximum absolute atomic E-state index is 6.32. The zero-order valence-corrected chi connectivity index (χ0v) is 13.5. The zero-order valence-electron chi connectivity index (χ0n) is 11.9. The lowest BCUT2D eigenvalue weighted by Crippen LogP contribution is -2.11. The normalized spacial score (nSPS) is 10.8. The highest BCUT2D eigenvalue weighted by Gasteiger charge is 2.03. The lowest BCUT2D eigenvalue weighted by molar-refractivity contribution is 0.726. The first-order chi connectivity index (χ1) is 9.70. The van der Waals surface area contributed by atoms with Crippen LogP contribution in [0.5, 0.6) is 0 Å². The van der Waals surface area contributed by atoms with Crippen molar-refractivity contribution in [1.82, 2.24) is 5.32 Å². The maximum atomic E-state index is 6.32. The summed E-state index contributed by atoms with van der Waals surface area (Å²) in [4.78, 5) is 1.22. The Labute approximate surface area is 130 Å². The summed E-state index contributed by atoms with van der Waals surface area (Å²) in [5.74, 6) is 0.982. The second-order valence-electron chi connectivity index (χ2n) is 4.75. The highest BCUT2D eigenvalue weighted by Crippen LogP contribution is 2.28. The number of nitrogens with one attached hydrogen (secondary N) is 1. The molecular formula is C17H20ClNS. The molecule has 1 nitrogen and oxygen atoms in total. The predicted octanol–water partition coefficient (Wildman–Crippen LogP) is 5.05. The van der Waals surface area contributed by atoms with Gasteiger partial charge in [-0.15, -0.1) is 11.8 Å². The highest BCUT2D eigenvalue weighted by atomic mass is 35.5. The third-order valence-corrected chi connectivity index (χ3v) is 4.64. The first-order valence-electron chi connectivity index (χ1n) is 6.87. The molecule has 106 valence electrons. The van der Waals surface area contributed by atoms with Crippen LogP contribution in [0.4, 0.5) is 0 Å². The zero-order chi connectivity index (χ0) is 14.4. The van der Waals surface area contributed by atoms with Crippen LogP contribution in [-0.2, 0) is 12.3 Å². The molecule has 0 spiro atoms. The van der Waals surface area contributed by atoms with Crippen LogP contribution in [0.1, 0.15) is 23.6 Å². The summed E-state index contributed by atoms with van der Waals surface area (Å²) in [6, 6.07) is 14.8. The minimum absolute atomic E-state index is 0.831. The lowest BCUT2D eigenvalue weighted by atomic mass is 10.1. The molecule has 2 rings (SSSR count). The molecule has 0 saturated carbocycles. The number of halogens is 1. The Morgan fingerprint density at radius 2 is 1.90 bits per heavy atom. The molecule has 20 heavy (non-hydrogen) atoms. The summed E-state index contributed by atoms with van der Waals surface area (Å²) < 4.78 is 0. The van der Waals surface area contributed by atoms with Crippen molar-refractivity contribution in [2.24, 2.45) is 0 Å². The van der Waals surface area contributed by atoms with Crippen LogP contribution in [0.15, 0.2) is 47.4 Å². The Morgan fingerprint density at radius 1 is 1.10 bits per heavy atom. The summed E-state index contributed by atoms with van der Waals surface area (Å²) >= 11 is 8.15. The van der Waals surface area contributed by atoms with E-state index >= 15 is 0 Å². The molecule has 3 heteroatoms. The van der Waals surface area contributed by atoms with E-state index in [-0.39, 0.29) is 0 Å². The average Bonchev–Trinajstić information content (AvgIpc) is 2.45. The first-order valence-corrected chi connectivity index (χ1v) is 8.23. The SMILES string of the molecule is CCNCc1ccc(SCc2ccccc2C)cc1Cl. The largest absolute Gasteiger partial charge is 0.313 e. The number of rotatable bonds is 6. The van der Waals surface area contributed by atoms with Crippen molar-refractivity contribution in [2.75, 3.05) is 6.54 Å². The van der Waals surface area contributed by atoms with E-state index in [2.05, 4.69) is 61.6 Å². The van der Waals surface area contributed by atoms with Gasteiger partial charge in [-0.05, 0) is 42.3 Å². The standard InChI is InChI=1S/C17H20ClNS/c1-3-19-11-14-8-9-16(10-17(14)18)20-12-15-7-5-4-6-13(15)2/h4-10,19H,3,11-12H2,1-2H3. The summed E-state index contributed by atoms with van der Waals surface area (Å²) in [6.45, 7) is 6.04. The molecule has 0 fully saturated rings. The third-order valence-electron chi connectivity index (χ3n) is 3.25. The molecule has 2 aromatic rings. The van der Waals surface area contributed by atoms with Gasteiger partial charge in [-0.2, -0.15) is 0 Å². The Bertz CT molecular complexity index is 569. The molecule has 0 atom stereocenters. The van der Waals surface area contributed by atoms with Crippen LogP contribution in [-0.4, -0.2) is 6.54 Å². The molecule has 0 aliphatic heterocycles. The van der Waals surface area contributed by atoms with Gasteiger partial charge in [0.15, 0.2) is 0 Å². The Kier molecular flexibility index (Phi) is 5.96. The van der Waals surface area contributed by atoms with Crippen LogP contribution in [0.3, 0.4) is 0 Å². The summed E-state index contributed by atoms with van der Waals surface area (Å²) in [6.07, 6.45) is 0. The number of hydrogen-bond donors (Lipinski definition) is 1. The van der Waals surface area contributed by atoms with Crippen LogP contribution < -0.4 is 5.32 Å². The Balaban J connectivity index is 2.00. The van der Waals surface area contributed by atoms with Crippen molar-refractivity contribution in [1.29, 1.82) is 0 Å². The summed E-state index contributed by atoms with van der Waals surface area (Å²) in [7, 11) is 0. The molecule has 0 heterocycles. The van der Waals surface area contributed by atoms with E-state index in [0.717, 1.165) is 29.4 Å². The fraction of sp³-hybridized carbons (Fsp3) is 0.294. The highest BCUT2D eigenvalue weighted by molar-refractivity contribution is 7.98. The Hall–Kier alpha value is -0.960.